The van der Waals surface area contributed by atoms with Crippen molar-refractivity contribution in [1.82, 2.24) is 0 Å². The maximum Gasteiger partial charge on any atom is 1.00 e. The molecule has 0 amide bonds. The maximum absolute atomic E-state index is 8.41. The van der Waals surface area contributed by atoms with Gasteiger partial charge in [0.05, 0.1) is 5.69 Å². The van der Waals surface area contributed by atoms with Gasteiger partial charge in [0.25, 0.3) is 0 Å². The molecule has 0 atom stereocenters. The summed E-state index contributed by atoms with van der Waals surface area (Å²) in [4.78, 5) is 0. The minimum Gasteiger partial charge on any atom is -1.00 e. The second kappa shape index (κ2) is 5.98. The van der Waals surface area contributed by atoms with E-state index >= 15 is 0 Å². The first-order chi connectivity index (χ1) is 5.20. The van der Waals surface area contributed by atoms with Crippen LogP contribution in [0.25, 0.3) is 0 Å². The molecule has 1 aromatic carbocycles. The van der Waals surface area contributed by atoms with Crippen LogP contribution in [-0.2, 0) is 0 Å². The Balaban J connectivity index is 0. The van der Waals surface area contributed by atoms with Crippen LogP contribution in [0.1, 0.15) is 1.43 Å². The monoisotopic (exact) mass is 193 g/mol. The van der Waals surface area contributed by atoms with E-state index in [4.69, 9.17) is 15.8 Å². The van der Waals surface area contributed by atoms with E-state index in [1.54, 1.807) is 24.3 Å². The second-order valence-corrected chi connectivity index (χ2v) is 1.98. The summed E-state index contributed by atoms with van der Waals surface area (Å²) in [5.41, 5.74) is 5.80. The number of nitrogens with two attached hydrogens (primary N) is 1. The minimum atomic E-state index is -1.82. The summed E-state index contributed by atoms with van der Waals surface area (Å²) in [7, 11) is -1.82. The fourth-order valence-electron chi connectivity index (χ4n) is 0.701. The number of rotatable bonds is 2. The van der Waals surface area contributed by atoms with Crippen LogP contribution in [0.2, 0.25) is 0 Å². The van der Waals surface area contributed by atoms with Gasteiger partial charge in [-0.15, -0.1) is 0 Å². The third-order valence-electron chi connectivity index (χ3n) is 1.15. The molecule has 12 heavy (non-hydrogen) atoms. The summed E-state index contributed by atoms with van der Waals surface area (Å²) < 4.78 is 4.53. The summed E-state index contributed by atoms with van der Waals surface area (Å²) in [5.74, 6) is 0.266. The maximum atomic E-state index is 8.41. The van der Waals surface area contributed by atoms with Crippen LogP contribution < -0.4 is 61.8 Å². The molecule has 4 nitrogen and oxygen atoms in total. The third kappa shape index (κ3) is 3.90. The van der Waals surface area contributed by atoms with Gasteiger partial charge in [-0.25, -0.2) is 0 Å². The van der Waals surface area contributed by atoms with E-state index in [-0.39, 0.29) is 58.6 Å². The van der Waals surface area contributed by atoms with Crippen LogP contribution in [0.5, 0.6) is 5.75 Å². The Morgan fingerprint density at radius 3 is 2.42 bits per heavy atom. The molecule has 4 N–H and O–H groups in total. The Kier molecular flexibility index (Phi) is 6.20. The van der Waals surface area contributed by atoms with Gasteiger partial charge in [-0.1, -0.05) is 12.1 Å². The Morgan fingerprint density at radius 2 is 1.92 bits per heavy atom. The Labute approximate surface area is 115 Å². The van der Waals surface area contributed by atoms with Crippen molar-refractivity contribution >= 4 is 13.0 Å². The molecule has 0 aliphatic heterocycles. The predicted octanol–water partition coefficient (Wildman–Crippen LogP) is -3.27. The molecule has 0 aliphatic rings. The van der Waals surface area contributed by atoms with Crippen LogP contribution >= 0.6 is 0 Å². The summed E-state index contributed by atoms with van der Waals surface area (Å²) in [6.07, 6.45) is 0. The van der Waals surface area contributed by atoms with E-state index in [2.05, 4.69) is 4.65 Å². The minimum absolute atomic E-state index is 0. The van der Waals surface area contributed by atoms with Gasteiger partial charge in [-0.3, -0.25) is 0 Å². The van der Waals surface area contributed by atoms with Crippen molar-refractivity contribution < 1.29 is 67.5 Å². The van der Waals surface area contributed by atoms with E-state index in [0.29, 0.717) is 5.69 Å². The Bertz CT molecular complexity index is 251. The van der Waals surface area contributed by atoms with Gasteiger partial charge in [-0.2, -0.15) is 0 Å². The fraction of sp³-hybridized carbons (Fsp3) is 0. The van der Waals surface area contributed by atoms with Gasteiger partial charge >= 0.3 is 58.7 Å². The van der Waals surface area contributed by atoms with Crippen LogP contribution in [0.3, 0.4) is 0 Å². The molecule has 0 radical (unpaired) electrons. The normalized spacial score (nSPS) is 8.50. The zero-order valence-electron chi connectivity index (χ0n) is 7.77. The number of anilines is 1. The SMILES string of the molecule is Nc1ccccc1OB(O)O.[H-].[K+]. The number of para-hydroxylation sites is 2. The van der Waals surface area contributed by atoms with Crippen molar-refractivity contribution in [2.75, 3.05) is 5.73 Å². The molecule has 1 aromatic rings. The molecule has 0 heterocycles. The summed E-state index contributed by atoms with van der Waals surface area (Å²) in [6.45, 7) is 0. The molecule has 0 aliphatic carbocycles. The molecule has 1 rings (SSSR count). The smallest absolute Gasteiger partial charge is 1.00 e. The second-order valence-electron chi connectivity index (χ2n) is 1.98. The largest absolute Gasteiger partial charge is 1.00 e. The van der Waals surface area contributed by atoms with Gasteiger partial charge < -0.3 is 21.9 Å². The van der Waals surface area contributed by atoms with Crippen molar-refractivity contribution in [2.45, 2.75) is 0 Å². The Morgan fingerprint density at radius 1 is 1.33 bits per heavy atom. The molecule has 0 unspecified atom stereocenters. The number of benzene rings is 1. The Hall–Kier alpha value is 0.441. The van der Waals surface area contributed by atoms with Crippen molar-refractivity contribution in [1.29, 1.82) is 0 Å². The summed E-state index contributed by atoms with van der Waals surface area (Å²) >= 11 is 0. The van der Waals surface area contributed by atoms with E-state index in [9.17, 15) is 0 Å². The molecular weight excluding hydrogens is 184 g/mol. The standard InChI is InChI=1S/C6H8BNO3.K.H/c8-5-3-1-2-4-6(5)11-7(9)10;;/h1-4,9-10H,8H2;;/q;+1;-1. The third-order valence-corrected chi connectivity index (χ3v) is 1.15. The van der Waals surface area contributed by atoms with Gasteiger partial charge in [-0.05, 0) is 12.1 Å². The first-order valence-electron chi connectivity index (χ1n) is 3.07. The zero-order valence-corrected chi connectivity index (χ0v) is 9.89. The molecule has 6 heteroatoms. The van der Waals surface area contributed by atoms with E-state index in [1.165, 1.54) is 0 Å². The summed E-state index contributed by atoms with van der Waals surface area (Å²) in [5, 5.41) is 16.8. The molecule has 0 fully saturated rings. The number of hydrogen-bond donors (Lipinski definition) is 3. The van der Waals surface area contributed by atoms with Crippen LogP contribution in [0.15, 0.2) is 24.3 Å². The topological polar surface area (TPSA) is 75.7 Å². The molecule has 0 spiro atoms. The average molecular weight is 193 g/mol. The molecule has 0 aromatic heterocycles. The van der Waals surface area contributed by atoms with Crippen LogP contribution in [-0.4, -0.2) is 17.4 Å². The van der Waals surface area contributed by atoms with Crippen LogP contribution in [0.4, 0.5) is 5.69 Å². The van der Waals surface area contributed by atoms with Gasteiger partial charge in [0.2, 0.25) is 0 Å². The van der Waals surface area contributed by atoms with E-state index in [1.807, 2.05) is 0 Å². The van der Waals surface area contributed by atoms with Crippen molar-refractivity contribution in [3.8, 4) is 5.75 Å². The molecule has 0 saturated heterocycles. The van der Waals surface area contributed by atoms with Gasteiger partial charge in [0.1, 0.15) is 5.75 Å². The van der Waals surface area contributed by atoms with E-state index in [0.717, 1.165) is 0 Å². The quantitative estimate of drug-likeness (QED) is 0.340. The molecule has 60 valence electrons. The fourth-order valence-corrected chi connectivity index (χ4v) is 0.701. The van der Waals surface area contributed by atoms with Crippen molar-refractivity contribution in [2.24, 2.45) is 0 Å². The molecule has 0 saturated carbocycles. The number of nitrogen functional groups attached to an aromatic ring is 1. The van der Waals surface area contributed by atoms with Crippen LogP contribution in [0, 0.1) is 0 Å². The van der Waals surface area contributed by atoms with Gasteiger partial charge in [0.15, 0.2) is 0 Å². The number of hydrogen-bond acceptors (Lipinski definition) is 4. The van der Waals surface area contributed by atoms with E-state index < -0.39 is 7.32 Å². The first-order valence-corrected chi connectivity index (χ1v) is 3.07. The zero-order chi connectivity index (χ0) is 8.27. The predicted molar refractivity (Wildman–Crippen MR) is 42.8 cm³/mol. The van der Waals surface area contributed by atoms with Crippen molar-refractivity contribution in [3.63, 3.8) is 0 Å². The summed E-state index contributed by atoms with van der Waals surface area (Å²) in [6, 6.07) is 6.58. The first kappa shape index (κ1) is 12.4. The average Bonchev–Trinajstić information content (AvgIpc) is 1.93. The van der Waals surface area contributed by atoms with Gasteiger partial charge in [0, 0.05) is 0 Å². The molecular formula is C6H9BKNO3. The molecule has 0 bridgehead atoms. The van der Waals surface area contributed by atoms with Crippen molar-refractivity contribution in [3.05, 3.63) is 24.3 Å².